The molecule has 1 amide bonds. The summed E-state index contributed by atoms with van der Waals surface area (Å²) >= 11 is 0. The average molecular weight is 329 g/mol. The van der Waals surface area contributed by atoms with Crippen LogP contribution in [0.4, 0.5) is 5.69 Å². The first-order chi connectivity index (χ1) is 8.52. The van der Waals surface area contributed by atoms with Crippen LogP contribution >= 0.6 is 17.0 Å². The number of anilines is 1. The number of methoxy groups -OCH3 is 1. The van der Waals surface area contributed by atoms with Crippen LogP contribution in [0.1, 0.15) is 23.6 Å². The largest absolute Gasteiger partial charge is 0.382 e. The lowest BCUT2D eigenvalue weighted by molar-refractivity contribution is -0.119. The Balaban J connectivity index is 0.00000180. The number of hydrogen-bond acceptors (Lipinski definition) is 3. The van der Waals surface area contributed by atoms with Crippen LogP contribution in [0.2, 0.25) is 0 Å². The molecule has 1 unspecified atom stereocenters. The van der Waals surface area contributed by atoms with E-state index in [-0.39, 0.29) is 28.9 Å². The molecule has 1 atom stereocenters. The number of halogens is 1. The van der Waals surface area contributed by atoms with Crippen molar-refractivity contribution in [3.05, 3.63) is 28.8 Å². The molecule has 4 nitrogen and oxygen atoms in total. The Bertz CT molecular complexity index is 477. The van der Waals surface area contributed by atoms with E-state index < -0.39 is 0 Å². The van der Waals surface area contributed by atoms with Crippen LogP contribution in [0, 0.1) is 13.8 Å². The second kappa shape index (κ2) is 6.39. The molecule has 1 aromatic carbocycles. The first-order valence-corrected chi connectivity index (χ1v) is 6.18. The minimum absolute atomic E-state index is 0. The third-order valence-corrected chi connectivity index (χ3v) is 3.30. The van der Waals surface area contributed by atoms with Gasteiger partial charge in [-0.1, -0.05) is 6.07 Å². The van der Waals surface area contributed by atoms with E-state index in [1.807, 2.05) is 5.01 Å². The van der Waals surface area contributed by atoms with Crippen molar-refractivity contribution in [2.24, 2.45) is 0 Å². The number of amides is 1. The number of benzene rings is 1. The van der Waals surface area contributed by atoms with Crippen molar-refractivity contribution in [3.8, 4) is 0 Å². The van der Waals surface area contributed by atoms with E-state index in [4.69, 9.17) is 4.74 Å². The summed E-state index contributed by atoms with van der Waals surface area (Å²) in [6.07, 6.45) is 0.912. The molecule has 0 spiro atoms. The number of carbonyl (C=O) groups excluding carboxylic acids is 1. The Morgan fingerprint density at radius 3 is 2.74 bits per heavy atom. The Morgan fingerprint density at radius 2 is 2.16 bits per heavy atom. The van der Waals surface area contributed by atoms with Crippen molar-refractivity contribution < 1.29 is 9.53 Å². The van der Waals surface area contributed by atoms with Crippen molar-refractivity contribution >= 4 is 28.6 Å². The fraction of sp³-hybridized carbons (Fsp3) is 0.500. The molecule has 0 saturated heterocycles. The maximum atomic E-state index is 11.3. The predicted molar refractivity (Wildman–Crippen MR) is 81.9 cm³/mol. The normalized spacial score (nSPS) is 16.8. The van der Waals surface area contributed by atoms with Gasteiger partial charge in [0.05, 0.1) is 18.3 Å². The summed E-state index contributed by atoms with van der Waals surface area (Å²) < 4.78 is 5.25. The summed E-state index contributed by atoms with van der Waals surface area (Å²) in [4.78, 5) is 11.3. The van der Waals surface area contributed by atoms with Crippen molar-refractivity contribution in [2.45, 2.75) is 33.2 Å². The first-order valence-electron chi connectivity index (χ1n) is 6.18. The molecule has 1 aliphatic rings. The highest BCUT2D eigenvalue weighted by Crippen LogP contribution is 2.34. The zero-order chi connectivity index (χ0) is 13.3. The lowest BCUT2D eigenvalue weighted by atomic mass is 10.0. The van der Waals surface area contributed by atoms with Crippen molar-refractivity contribution in [3.63, 3.8) is 0 Å². The molecule has 19 heavy (non-hydrogen) atoms. The highest BCUT2D eigenvalue weighted by molar-refractivity contribution is 8.93. The third kappa shape index (κ3) is 3.28. The number of nitrogens with zero attached hydrogens (tertiary/aromatic N) is 1. The molecule has 106 valence electrons. The van der Waals surface area contributed by atoms with Gasteiger partial charge in [0, 0.05) is 14.0 Å². The molecule has 0 radical (unpaired) electrons. The van der Waals surface area contributed by atoms with Gasteiger partial charge < -0.3 is 4.74 Å². The van der Waals surface area contributed by atoms with Crippen molar-refractivity contribution in [2.75, 3.05) is 18.7 Å². The lowest BCUT2D eigenvalue weighted by Gasteiger charge is -2.27. The van der Waals surface area contributed by atoms with E-state index in [0.717, 1.165) is 12.1 Å². The number of hydrogen-bond donors (Lipinski definition) is 1. The third-order valence-electron chi connectivity index (χ3n) is 3.30. The molecule has 1 heterocycles. The number of hydrazine groups is 1. The molecule has 1 aliphatic heterocycles. The number of rotatable bonds is 3. The zero-order valence-corrected chi connectivity index (χ0v) is 13.5. The molecule has 0 aliphatic carbocycles. The average Bonchev–Trinajstić information content (AvgIpc) is 2.58. The Morgan fingerprint density at radius 1 is 1.47 bits per heavy atom. The molecule has 0 saturated carbocycles. The predicted octanol–water partition coefficient (Wildman–Crippen LogP) is 2.31. The van der Waals surface area contributed by atoms with Crippen LogP contribution < -0.4 is 10.4 Å². The van der Waals surface area contributed by atoms with Gasteiger partial charge in [0.2, 0.25) is 5.91 Å². The zero-order valence-electron chi connectivity index (χ0n) is 11.8. The van der Waals surface area contributed by atoms with Gasteiger partial charge in [-0.15, -0.1) is 17.0 Å². The number of ether oxygens (including phenoxy) is 1. The Labute approximate surface area is 124 Å². The lowest BCUT2D eigenvalue weighted by Crippen LogP contribution is -2.47. The summed E-state index contributed by atoms with van der Waals surface area (Å²) in [5.74, 6) is -0.0527. The quantitative estimate of drug-likeness (QED) is 0.925. The molecular weight excluding hydrogens is 308 g/mol. The molecule has 1 N–H and O–H groups in total. The van der Waals surface area contributed by atoms with Crippen LogP contribution in [0.3, 0.4) is 0 Å². The van der Waals surface area contributed by atoms with Gasteiger partial charge in [0.25, 0.3) is 0 Å². The molecule has 0 fully saturated rings. The number of aryl methyl sites for hydroxylation is 2. The van der Waals surface area contributed by atoms with E-state index in [2.05, 4.69) is 31.4 Å². The van der Waals surface area contributed by atoms with Crippen LogP contribution in [-0.2, 0) is 16.0 Å². The number of carbonyl (C=O) groups is 1. The van der Waals surface area contributed by atoms with Crippen molar-refractivity contribution in [1.82, 2.24) is 5.43 Å². The van der Waals surface area contributed by atoms with Crippen LogP contribution in [0.15, 0.2) is 12.1 Å². The van der Waals surface area contributed by atoms with Gasteiger partial charge in [-0.2, -0.15) is 0 Å². The van der Waals surface area contributed by atoms with Crippen LogP contribution in [0.25, 0.3) is 0 Å². The topological polar surface area (TPSA) is 41.6 Å². The molecule has 0 bridgehead atoms. The second-order valence-corrected chi connectivity index (χ2v) is 4.93. The summed E-state index contributed by atoms with van der Waals surface area (Å²) in [7, 11) is 1.69. The molecule has 5 heteroatoms. The maximum Gasteiger partial charge on any atom is 0.235 e. The molecule has 2 rings (SSSR count). The fourth-order valence-electron chi connectivity index (χ4n) is 2.63. The summed E-state index contributed by atoms with van der Waals surface area (Å²) in [5.41, 5.74) is 7.79. The van der Waals surface area contributed by atoms with Gasteiger partial charge in [-0.25, -0.2) is 0 Å². The minimum Gasteiger partial charge on any atom is -0.382 e. The highest BCUT2D eigenvalue weighted by Gasteiger charge is 2.31. The van der Waals surface area contributed by atoms with E-state index in [0.29, 0.717) is 6.61 Å². The minimum atomic E-state index is -0.0527. The number of fused-ring (bicyclic) bond motifs is 1. The monoisotopic (exact) mass is 328 g/mol. The maximum absolute atomic E-state index is 11.3. The van der Waals surface area contributed by atoms with E-state index >= 15 is 0 Å². The van der Waals surface area contributed by atoms with E-state index in [1.165, 1.54) is 23.6 Å². The Kier molecular flexibility index (Phi) is 5.38. The molecular formula is C14H21BrN2O2. The van der Waals surface area contributed by atoms with Crippen LogP contribution in [-0.4, -0.2) is 25.7 Å². The van der Waals surface area contributed by atoms with Gasteiger partial charge >= 0.3 is 0 Å². The van der Waals surface area contributed by atoms with Gasteiger partial charge in [-0.3, -0.25) is 15.2 Å². The summed E-state index contributed by atoms with van der Waals surface area (Å²) in [6, 6.07) is 4.47. The fourth-order valence-corrected chi connectivity index (χ4v) is 2.63. The first kappa shape index (κ1) is 16.0. The summed E-state index contributed by atoms with van der Waals surface area (Å²) in [5, 5.41) is 1.95. The molecule has 0 aromatic heterocycles. The second-order valence-electron chi connectivity index (χ2n) is 4.93. The van der Waals surface area contributed by atoms with E-state index in [9.17, 15) is 4.79 Å². The van der Waals surface area contributed by atoms with Gasteiger partial charge in [0.1, 0.15) is 0 Å². The van der Waals surface area contributed by atoms with E-state index in [1.54, 1.807) is 7.11 Å². The smallest absolute Gasteiger partial charge is 0.235 e. The summed E-state index contributed by atoms with van der Waals surface area (Å²) in [6.45, 7) is 6.33. The van der Waals surface area contributed by atoms with Crippen molar-refractivity contribution in [1.29, 1.82) is 0 Å². The van der Waals surface area contributed by atoms with Crippen LogP contribution in [0.5, 0.6) is 0 Å². The van der Waals surface area contributed by atoms with Gasteiger partial charge in [0.15, 0.2) is 0 Å². The standard InChI is InChI=1S/C14H20N2O2.BrH/c1-9-5-10(2)13-7-12(8-18-4)16(14(13)6-9)15-11(3)17;/h5-6,12H,7-8H2,1-4H3,(H,15,17);1H. The van der Waals surface area contributed by atoms with Gasteiger partial charge in [-0.05, 0) is 43.0 Å². The Hall–Kier alpha value is -1.07. The SMILES string of the molecule is Br.COCC1Cc2c(C)cc(C)cc2N1NC(C)=O. The highest BCUT2D eigenvalue weighted by atomic mass is 79.9. The number of nitrogens with one attached hydrogen (secondary N) is 1. The molecule has 1 aromatic rings.